The van der Waals surface area contributed by atoms with Crippen LogP contribution in [0.1, 0.15) is 6.42 Å². The number of thiocarbonyl (C=S) groups is 1. The van der Waals surface area contributed by atoms with Crippen molar-refractivity contribution < 1.29 is 0 Å². The van der Waals surface area contributed by atoms with Crippen LogP contribution in [0.2, 0.25) is 0 Å². The Morgan fingerprint density at radius 2 is 2.38 bits per heavy atom. The van der Waals surface area contributed by atoms with Crippen LogP contribution < -0.4 is 10.6 Å². The average molecular weight is 235 g/mol. The van der Waals surface area contributed by atoms with Gasteiger partial charge in [-0.2, -0.15) is 5.10 Å². The van der Waals surface area contributed by atoms with Gasteiger partial charge in [-0.3, -0.25) is 0 Å². The molecule has 2 aromatic heterocycles. The van der Waals surface area contributed by atoms with E-state index < -0.39 is 0 Å². The van der Waals surface area contributed by atoms with Crippen molar-refractivity contribution >= 4 is 28.7 Å². The van der Waals surface area contributed by atoms with Crippen molar-refractivity contribution in [2.45, 2.75) is 6.42 Å². The average Bonchev–Trinajstić information content (AvgIpc) is 2.72. The van der Waals surface area contributed by atoms with Gasteiger partial charge in [0.05, 0.1) is 11.2 Å². The molecule has 5 nitrogen and oxygen atoms in total. The van der Waals surface area contributed by atoms with Crippen LogP contribution in [-0.2, 0) is 0 Å². The topological polar surface area (TPSA) is 59.5 Å². The standard InChI is InChI=1S/C10H13N5S/c1-14(6-3-8(11)16)9-4-7-15-10(13-9)2-5-12-15/h2,4-5,7H,3,6H2,1H3,(H2,11,16). The van der Waals surface area contributed by atoms with Crippen molar-refractivity contribution in [1.82, 2.24) is 14.6 Å². The molecule has 0 aliphatic rings. The minimum Gasteiger partial charge on any atom is -0.393 e. The van der Waals surface area contributed by atoms with Crippen molar-refractivity contribution in [1.29, 1.82) is 0 Å². The third-order valence-corrected chi connectivity index (χ3v) is 2.53. The van der Waals surface area contributed by atoms with Gasteiger partial charge in [0.15, 0.2) is 5.65 Å². The summed E-state index contributed by atoms with van der Waals surface area (Å²) in [7, 11) is 1.97. The summed E-state index contributed by atoms with van der Waals surface area (Å²) in [5.41, 5.74) is 6.30. The van der Waals surface area contributed by atoms with Crippen LogP contribution in [-0.4, -0.2) is 33.2 Å². The van der Waals surface area contributed by atoms with Crippen molar-refractivity contribution in [3.63, 3.8) is 0 Å². The molecule has 0 aromatic carbocycles. The summed E-state index contributed by atoms with van der Waals surface area (Å²) in [5, 5.41) is 4.09. The van der Waals surface area contributed by atoms with E-state index in [9.17, 15) is 0 Å². The molecule has 0 spiro atoms. The number of hydrogen-bond donors (Lipinski definition) is 1. The number of rotatable bonds is 4. The second-order valence-electron chi connectivity index (χ2n) is 3.56. The molecule has 0 aliphatic heterocycles. The molecule has 16 heavy (non-hydrogen) atoms. The molecule has 2 rings (SSSR count). The Kier molecular flexibility index (Phi) is 3.00. The quantitative estimate of drug-likeness (QED) is 0.796. The molecule has 0 saturated heterocycles. The molecule has 2 aromatic rings. The molecule has 0 atom stereocenters. The van der Waals surface area contributed by atoms with Gasteiger partial charge in [0, 0.05) is 32.3 Å². The summed E-state index contributed by atoms with van der Waals surface area (Å²) in [6.07, 6.45) is 4.30. The number of hydrogen-bond acceptors (Lipinski definition) is 4. The summed E-state index contributed by atoms with van der Waals surface area (Å²) in [4.78, 5) is 7.00. The maximum atomic E-state index is 5.46. The lowest BCUT2D eigenvalue weighted by molar-refractivity contribution is 0.879. The first-order valence-corrected chi connectivity index (χ1v) is 5.37. The predicted octanol–water partition coefficient (Wildman–Crippen LogP) is 0.842. The number of fused-ring (bicyclic) bond motifs is 1. The Balaban J connectivity index is 2.15. The van der Waals surface area contributed by atoms with Crippen LogP contribution in [0.5, 0.6) is 0 Å². The van der Waals surface area contributed by atoms with Crippen molar-refractivity contribution in [3.8, 4) is 0 Å². The zero-order valence-electron chi connectivity index (χ0n) is 9.00. The first kappa shape index (κ1) is 10.8. The molecular weight excluding hydrogens is 222 g/mol. The smallest absolute Gasteiger partial charge is 0.157 e. The van der Waals surface area contributed by atoms with Crippen LogP contribution in [0.15, 0.2) is 24.5 Å². The predicted molar refractivity (Wildman–Crippen MR) is 67.7 cm³/mol. The molecule has 2 N–H and O–H groups in total. The van der Waals surface area contributed by atoms with E-state index in [0.717, 1.165) is 18.0 Å². The van der Waals surface area contributed by atoms with Crippen molar-refractivity contribution in [3.05, 3.63) is 24.5 Å². The second-order valence-corrected chi connectivity index (χ2v) is 4.08. The Bertz CT molecular complexity index is 507. The van der Waals surface area contributed by atoms with Crippen LogP contribution in [0, 0.1) is 0 Å². The molecule has 0 amide bonds. The van der Waals surface area contributed by atoms with Gasteiger partial charge >= 0.3 is 0 Å². The maximum Gasteiger partial charge on any atom is 0.157 e. The summed E-state index contributed by atoms with van der Waals surface area (Å²) < 4.78 is 1.73. The SMILES string of the molecule is CN(CCC(N)=S)c1ccn2nccc2n1. The van der Waals surface area contributed by atoms with Gasteiger partial charge in [-0.05, 0) is 6.07 Å². The van der Waals surface area contributed by atoms with Gasteiger partial charge < -0.3 is 10.6 Å². The van der Waals surface area contributed by atoms with E-state index in [-0.39, 0.29) is 0 Å². The molecule has 84 valence electrons. The molecule has 6 heteroatoms. The van der Waals surface area contributed by atoms with E-state index >= 15 is 0 Å². The maximum absolute atomic E-state index is 5.46. The summed E-state index contributed by atoms with van der Waals surface area (Å²) in [6.45, 7) is 0.770. The normalized spacial score (nSPS) is 10.6. The molecule has 2 heterocycles. The highest BCUT2D eigenvalue weighted by Crippen LogP contribution is 2.10. The Morgan fingerprint density at radius 3 is 3.12 bits per heavy atom. The zero-order valence-corrected chi connectivity index (χ0v) is 9.81. The fourth-order valence-electron chi connectivity index (χ4n) is 1.41. The largest absolute Gasteiger partial charge is 0.393 e. The lowest BCUT2D eigenvalue weighted by Crippen LogP contribution is -2.24. The van der Waals surface area contributed by atoms with Crippen LogP contribution in [0.4, 0.5) is 5.82 Å². The number of aromatic nitrogens is 3. The summed E-state index contributed by atoms with van der Waals surface area (Å²) in [5.74, 6) is 0.893. The van der Waals surface area contributed by atoms with Gasteiger partial charge in [-0.15, -0.1) is 0 Å². The van der Waals surface area contributed by atoms with Gasteiger partial charge in [0.25, 0.3) is 0 Å². The first-order chi connectivity index (χ1) is 7.66. The third-order valence-electron chi connectivity index (χ3n) is 2.33. The fraction of sp³-hybridized carbons (Fsp3) is 0.300. The van der Waals surface area contributed by atoms with Crippen LogP contribution >= 0.6 is 12.2 Å². The molecule has 0 unspecified atom stereocenters. The van der Waals surface area contributed by atoms with Gasteiger partial charge in [-0.1, -0.05) is 12.2 Å². The highest BCUT2D eigenvalue weighted by atomic mass is 32.1. The molecule has 0 radical (unpaired) electrons. The van der Waals surface area contributed by atoms with E-state index in [1.54, 1.807) is 10.7 Å². The summed E-state index contributed by atoms with van der Waals surface area (Å²) >= 11 is 4.84. The molecular formula is C10H13N5S. The second kappa shape index (κ2) is 4.44. The zero-order chi connectivity index (χ0) is 11.5. The van der Waals surface area contributed by atoms with E-state index in [1.165, 1.54) is 0 Å². The van der Waals surface area contributed by atoms with Gasteiger partial charge in [-0.25, -0.2) is 9.50 Å². The van der Waals surface area contributed by atoms with Crippen molar-refractivity contribution in [2.24, 2.45) is 5.73 Å². The number of anilines is 1. The molecule has 0 aliphatic carbocycles. The Labute approximate surface area is 98.9 Å². The fourth-order valence-corrected chi connectivity index (χ4v) is 1.50. The minimum absolute atomic E-state index is 0.525. The van der Waals surface area contributed by atoms with Crippen LogP contribution in [0.25, 0.3) is 5.65 Å². The monoisotopic (exact) mass is 235 g/mol. The lowest BCUT2D eigenvalue weighted by atomic mass is 10.4. The number of nitrogens with zero attached hydrogens (tertiary/aromatic N) is 4. The molecule has 0 bridgehead atoms. The van der Waals surface area contributed by atoms with E-state index in [1.807, 2.05) is 30.3 Å². The highest BCUT2D eigenvalue weighted by molar-refractivity contribution is 7.80. The van der Waals surface area contributed by atoms with E-state index in [0.29, 0.717) is 11.4 Å². The van der Waals surface area contributed by atoms with E-state index in [2.05, 4.69) is 10.1 Å². The van der Waals surface area contributed by atoms with Crippen LogP contribution in [0.3, 0.4) is 0 Å². The van der Waals surface area contributed by atoms with E-state index in [4.69, 9.17) is 18.0 Å². The first-order valence-electron chi connectivity index (χ1n) is 4.96. The lowest BCUT2D eigenvalue weighted by Gasteiger charge is -2.17. The molecule has 0 fully saturated rings. The molecule has 0 saturated carbocycles. The van der Waals surface area contributed by atoms with Gasteiger partial charge in [0.1, 0.15) is 5.82 Å². The highest BCUT2D eigenvalue weighted by Gasteiger charge is 2.04. The Morgan fingerprint density at radius 1 is 1.56 bits per heavy atom. The Hall–Kier alpha value is -1.69. The summed E-state index contributed by atoms with van der Waals surface area (Å²) in [6, 6.07) is 3.78. The van der Waals surface area contributed by atoms with Crippen molar-refractivity contribution in [2.75, 3.05) is 18.5 Å². The van der Waals surface area contributed by atoms with Gasteiger partial charge in [0.2, 0.25) is 0 Å². The third kappa shape index (κ3) is 2.27. The minimum atomic E-state index is 0.525. The number of nitrogens with two attached hydrogens (primary N) is 1.